The second kappa shape index (κ2) is 11.9. The molecule has 4 unspecified atom stereocenters. The molecule has 0 amide bonds. The molecular formula is C20H38O9. The molecule has 2 aliphatic rings. The first-order valence-electron chi connectivity index (χ1n) is 10.6. The van der Waals surface area contributed by atoms with Crippen molar-refractivity contribution in [2.24, 2.45) is 0 Å². The predicted molar refractivity (Wildman–Crippen MR) is 103 cm³/mol. The molecule has 0 aliphatic carbocycles. The summed E-state index contributed by atoms with van der Waals surface area (Å²) in [6.45, 7) is 10.4. The third-order valence-electron chi connectivity index (χ3n) is 4.83. The number of hydrogen-bond donors (Lipinski definition) is 0. The Morgan fingerprint density at radius 3 is 1.21 bits per heavy atom. The molecule has 9 nitrogen and oxygen atoms in total. The molecule has 2 heterocycles. The summed E-state index contributed by atoms with van der Waals surface area (Å²) in [7, 11) is 3.09. The van der Waals surface area contributed by atoms with Crippen molar-refractivity contribution in [1.29, 1.82) is 0 Å². The van der Waals surface area contributed by atoms with Gasteiger partial charge in [-0.1, -0.05) is 0 Å². The van der Waals surface area contributed by atoms with Gasteiger partial charge in [0.2, 0.25) is 0 Å². The molecule has 0 bridgehead atoms. The van der Waals surface area contributed by atoms with Crippen LogP contribution in [0, 0.1) is 0 Å². The molecule has 9 heteroatoms. The molecular weight excluding hydrogens is 384 g/mol. The Balaban J connectivity index is 2.32. The third-order valence-corrected chi connectivity index (χ3v) is 4.83. The average Bonchev–Trinajstić information content (AvgIpc) is 3.62. The Labute approximate surface area is 174 Å². The molecule has 4 atom stereocenters. The smallest absolute Gasteiger partial charge is 0.310 e. The zero-order chi connectivity index (χ0) is 21.3. The molecule has 2 saturated heterocycles. The van der Waals surface area contributed by atoms with Crippen molar-refractivity contribution in [3.8, 4) is 0 Å². The van der Waals surface area contributed by atoms with Gasteiger partial charge in [0.25, 0.3) is 0 Å². The number of epoxide rings is 2. The minimum atomic E-state index is -1.38. The first kappa shape index (κ1) is 24.9. The van der Waals surface area contributed by atoms with Crippen LogP contribution in [0.3, 0.4) is 0 Å². The summed E-state index contributed by atoms with van der Waals surface area (Å²) in [4.78, 5) is 0. The minimum Gasteiger partial charge on any atom is -0.373 e. The van der Waals surface area contributed by atoms with E-state index in [1.54, 1.807) is 14.2 Å². The van der Waals surface area contributed by atoms with E-state index >= 15 is 0 Å². The van der Waals surface area contributed by atoms with E-state index in [-0.39, 0.29) is 12.2 Å². The molecule has 0 radical (unpaired) electrons. The van der Waals surface area contributed by atoms with Gasteiger partial charge < -0.3 is 42.6 Å². The SMILES string of the molecule is CCOC(OC)(OCC)C(CC1CO1)OC(CC1CO1)C(OC)(OCC)OCC. The van der Waals surface area contributed by atoms with Crippen molar-refractivity contribution in [3.05, 3.63) is 0 Å². The van der Waals surface area contributed by atoms with Crippen molar-refractivity contribution in [1.82, 2.24) is 0 Å². The monoisotopic (exact) mass is 422 g/mol. The molecule has 0 aromatic heterocycles. The summed E-state index contributed by atoms with van der Waals surface area (Å²) in [5.74, 6) is -2.76. The molecule has 2 rings (SSSR count). The van der Waals surface area contributed by atoms with Crippen LogP contribution in [0.15, 0.2) is 0 Å². The van der Waals surface area contributed by atoms with Gasteiger partial charge in [0.1, 0.15) is 12.2 Å². The Morgan fingerprint density at radius 1 is 0.690 bits per heavy atom. The predicted octanol–water partition coefficient (Wildman–Crippen LogP) is 2.06. The maximum atomic E-state index is 6.57. The second-order valence-corrected chi connectivity index (χ2v) is 6.84. The fourth-order valence-electron chi connectivity index (χ4n) is 3.41. The quantitative estimate of drug-likeness (QED) is 0.243. The summed E-state index contributed by atoms with van der Waals surface area (Å²) >= 11 is 0. The zero-order valence-electron chi connectivity index (χ0n) is 18.6. The minimum absolute atomic E-state index is 0.0596. The van der Waals surface area contributed by atoms with Gasteiger partial charge in [-0.25, -0.2) is 0 Å². The van der Waals surface area contributed by atoms with Crippen LogP contribution < -0.4 is 0 Å². The number of hydrogen-bond acceptors (Lipinski definition) is 9. The largest absolute Gasteiger partial charge is 0.373 e. The van der Waals surface area contributed by atoms with Crippen molar-refractivity contribution < 1.29 is 42.6 Å². The zero-order valence-corrected chi connectivity index (χ0v) is 18.6. The third kappa shape index (κ3) is 6.81. The summed E-state index contributed by atoms with van der Waals surface area (Å²) in [5, 5.41) is 0. The van der Waals surface area contributed by atoms with Gasteiger partial charge in [-0.15, -0.1) is 0 Å². The number of methoxy groups -OCH3 is 2. The maximum absolute atomic E-state index is 6.57. The second-order valence-electron chi connectivity index (χ2n) is 6.84. The van der Waals surface area contributed by atoms with Crippen LogP contribution in [0.25, 0.3) is 0 Å². The van der Waals surface area contributed by atoms with Gasteiger partial charge in [-0.2, -0.15) is 0 Å². The highest BCUT2D eigenvalue weighted by Crippen LogP contribution is 2.36. The van der Waals surface area contributed by atoms with Gasteiger partial charge in [0, 0.05) is 53.5 Å². The van der Waals surface area contributed by atoms with Crippen LogP contribution in [-0.4, -0.2) is 90.2 Å². The van der Waals surface area contributed by atoms with Crippen LogP contribution in [0.5, 0.6) is 0 Å². The lowest BCUT2D eigenvalue weighted by Crippen LogP contribution is -2.58. The molecule has 0 spiro atoms. The van der Waals surface area contributed by atoms with Crippen LogP contribution in [0.2, 0.25) is 0 Å². The molecule has 0 saturated carbocycles. The van der Waals surface area contributed by atoms with Crippen molar-refractivity contribution in [2.75, 3.05) is 53.9 Å². The fourth-order valence-corrected chi connectivity index (χ4v) is 3.41. The molecule has 0 aromatic carbocycles. The van der Waals surface area contributed by atoms with E-state index in [9.17, 15) is 0 Å². The summed E-state index contributed by atoms with van der Waals surface area (Å²) < 4.78 is 52.6. The molecule has 2 fully saturated rings. The lowest BCUT2D eigenvalue weighted by atomic mass is 10.1. The van der Waals surface area contributed by atoms with Crippen LogP contribution >= 0.6 is 0 Å². The van der Waals surface area contributed by atoms with E-state index in [4.69, 9.17) is 42.6 Å². The molecule has 0 N–H and O–H groups in total. The highest BCUT2D eigenvalue weighted by molar-refractivity contribution is 4.87. The van der Waals surface area contributed by atoms with Crippen LogP contribution in [0.4, 0.5) is 0 Å². The van der Waals surface area contributed by atoms with E-state index in [2.05, 4.69) is 0 Å². The van der Waals surface area contributed by atoms with E-state index < -0.39 is 24.2 Å². The Kier molecular flexibility index (Phi) is 10.2. The van der Waals surface area contributed by atoms with Gasteiger partial charge >= 0.3 is 11.9 Å². The summed E-state index contributed by atoms with van der Waals surface area (Å²) in [5.41, 5.74) is 0. The topological polar surface area (TPSA) is 89.7 Å². The molecule has 172 valence electrons. The Hall–Kier alpha value is -0.360. The van der Waals surface area contributed by atoms with E-state index in [0.29, 0.717) is 52.5 Å². The van der Waals surface area contributed by atoms with Crippen molar-refractivity contribution >= 4 is 0 Å². The first-order valence-corrected chi connectivity index (χ1v) is 10.6. The van der Waals surface area contributed by atoms with Gasteiger partial charge in [-0.05, 0) is 27.7 Å². The fraction of sp³-hybridized carbons (Fsp3) is 1.00. The summed E-state index contributed by atoms with van der Waals surface area (Å²) in [6.07, 6.45) is -0.00564. The standard InChI is InChI=1S/C20H38O9/c1-7-25-19(21-5,26-8-2)17(11-15-13-23-15)29-18(12-16-14-24-16)20(22-6,27-9-3)28-10-4/h15-18H,7-14H2,1-6H3. The highest BCUT2D eigenvalue weighted by atomic mass is 16.9. The van der Waals surface area contributed by atoms with Crippen LogP contribution in [-0.2, 0) is 42.6 Å². The number of rotatable bonds is 18. The highest BCUT2D eigenvalue weighted by Gasteiger charge is 2.52. The Morgan fingerprint density at radius 2 is 1.00 bits per heavy atom. The van der Waals surface area contributed by atoms with Crippen molar-refractivity contribution in [3.63, 3.8) is 0 Å². The Bertz CT molecular complexity index is 401. The van der Waals surface area contributed by atoms with E-state index in [1.807, 2.05) is 27.7 Å². The lowest BCUT2D eigenvalue weighted by molar-refractivity contribution is -0.448. The maximum Gasteiger partial charge on any atom is 0.310 e. The first-order chi connectivity index (χ1) is 14.0. The van der Waals surface area contributed by atoms with Gasteiger partial charge in [0.15, 0.2) is 0 Å². The van der Waals surface area contributed by atoms with Gasteiger partial charge in [-0.3, -0.25) is 0 Å². The molecule has 0 aromatic rings. The molecule has 2 aliphatic heterocycles. The normalized spacial score (nSPS) is 23.8. The van der Waals surface area contributed by atoms with Crippen LogP contribution in [0.1, 0.15) is 40.5 Å². The summed E-state index contributed by atoms with van der Waals surface area (Å²) in [6, 6.07) is 0. The molecule has 29 heavy (non-hydrogen) atoms. The lowest BCUT2D eigenvalue weighted by Gasteiger charge is -2.43. The number of ether oxygens (including phenoxy) is 9. The van der Waals surface area contributed by atoms with E-state index in [1.165, 1.54) is 0 Å². The van der Waals surface area contributed by atoms with Gasteiger partial charge in [0.05, 0.1) is 25.4 Å². The average molecular weight is 423 g/mol. The van der Waals surface area contributed by atoms with E-state index in [0.717, 1.165) is 0 Å². The van der Waals surface area contributed by atoms with Crippen molar-refractivity contribution in [2.45, 2.75) is 76.9 Å².